The van der Waals surface area contributed by atoms with Gasteiger partial charge in [0.1, 0.15) is 0 Å². The minimum absolute atomic E-state index is 0.640. The molecule has 1 aromatic carbocycles. The van der Waals surface area contributed by atoms with Crippen molar-refractivity contribution in [3.8, 4) is 0 Å². The Kier molecular flexibility index (Phi) is 7.49. The highest BCUT2D eigenvalue weighted by Crippen LogP contribution is 2.07. The van der Waals surface area contributed by atoms with E-state index in [1.54, 1.807) is 6.20 Å². The Morgan fingerprint density at radius 2 is 1.81 bits per heavy atom. The van der Waals surface area contributed by atoms with Gasteiger partial charge in [0.2, 0.25) is 0 Å². The number of ether oxygens (including phenoxy) is 2. The summed E-state index contributed by atoms with van der Waals surface area (Å²) in [5, 5.41) is 4.21. The molecular formula is C16H21BrN2O2. The zero-order valence-corrected chi connectivity index (χ0v) is 13.7. The molecule has 0 aliphatic heterocycles. The lowest BCUT2D eigenvalue weighted by molar-refractivity contribution is 0.0391. The second-order valence-corrected chi connectivity index (χ2v) is 5.69. The van der Waals surface area contributed by atoms with Gasteiger partial charge in [-0.3, -0.25) is 4.68 Å². The standard InChI is InChI=1S/C16H21BrN2O2/c17-16-12-18-19(13-16)8-4-5-9-20-10-11-21-14-15-6-2-1-3-7-15/h1-3,6-7,12-13H,4-5,8-11,14H2. The van der Waals surface area contributed by atoms with Gasteiger partial charge in [-0.1, -0.05) is 30.3 Å². The van der Waals surface area contributed by atoms with Crippen LogP contribution in [0, 0.1) is 0 Å². The van der Waals surface area contributed by atoms with Gasteiger partial charge in [0, 0.05) is 19.3 Å². The molecule has 0 aliphatic carbocycles. The van der Waals surface area contributed by atoms with Gasteiger partial charge in [-0.2, -0.15) is 5.10 Å². The highest BCUT2D eigenvalue weighted by Gasteiger charge is 1.96. The van der Waals surface area contributed by atoms with Crippen molar-refractivity contribution in [2.24, 2.45) is 0 Å². The zero-order valence-electron chi connectivity index (χ0n) is 12.1. The minimum Gasteiger partial charge on any atom is -0.379 e. The third-order valence-corrected chi connectivity index (χ3v) is 3.42. The number of aryl methyl sites for hydroxylation is 1. The molecule has 0 unspecified atom stereocenters. The molecule has 0 spiro atoms. The van der Waals surface area contributed by atoms with E-state index < -0.39 is 0 Å². The van der Waals surface area contributed by atoms with Gasteiger partial charge in [-0.25, -0.2) is 0 Å². The van der Waals surface area contributed by atoms with Crippen molar-refractivity contribution in [3.05, 3.63) is 52.8 Å². The topological polar surface area (TPSA) is 36.3 Å². The average molecular weight is 353 g/mol. The van der Waals surface area contributed by atoms with Crippen molar-refractivity contribution >= 4 is 15.9 Å². The van der Waals surface area contributed by atoms with E-state index in [9.17, 15) is 0 Å². The Hall–Kier alpha value is -1.17. The maximum atomic E-state index is 5.55. The van der Waals surface area contributed by atoms with Crippen LogP contribution >= 0.6 is 15.9 Å². The van der Waals surface area contributed by atoms with Crippen LogP contribution in [0.4, 0.5) is 0 Å². The summed E-state index contributed by atoms with van der Waals surface area (Å²) in [6, 6.07) is 10.2. The summed E-state index contributed by atoms with van der Waals surface area (Å²) < 4.78 is 14.1. The number of benzene rings is 1. The number of nitrogens with zero attached hydrogens (tertiary/aromatic N) is 2. The third-order valence-electron chi connectivity index (χ3n) is 3.01. The van der Waals surface area contributed by atoms with Crippen LogP contribution in [0.3, 0.4) is 0 Å². The molecule has 0 bridgehead atoms. The summed E-state index contributed by atoms with van der Waals surface area (Å²) in [4.78, 5) is 0. The lowest BCUT2D eigenvalue weighted by atomic mass is 10.2. The number of aromatic nitrogens is 2. The largest absolute Gasteiger partial charge is 0.379 e. The van der Waals surface area contributed by atoms with E-state index in [-0.39, 0.29) is 0 Å². The summed E-state index contributed by atoms with van der Waals surface area (Å²) in [7, 11) is 0. The first-order chi connectivity index (χ1) is 10.3. The predicted molar refractivity (Wildman–Crippen MR) is 86.1 cm³/mol. The zero-order chi connectivity index (χ0) is 14.8. The second kappa shape index (κ2) is 9.71. The van der Waals surface area contributed by atoms with Gasteiger partial charge in [-0.15, -0.1) is 0 Å². The third kappa shape index (κ3) is 6.89. The van der Waals surface area contributed by atoms with Crippen molar-refractivity contribution < 1.29 is 9.47 Å². The second-order valence-electron chi connectivity index (χ2n) is 4.78. The van der Waals surface area contributed by atoms with Crippen LogP contribution in [0.15, 0.2) is 47.2 Å². The van der Waals surface area contributed by atoms with Crippen molar-refractivity contribution in [3.63, 3.8) is 0 Å². The molecule has 2 aromatic rings. The molecule has 0 aliphatic rings. The fourth-order valence-electron chi connectivity index (χ4n) is 1.92. The smallest absolute Gasteiger partial charge is 0.0718 e. The minimum atomic E-state index is 0.640. The Morgan fingerprint density at radius 3 is 2.57 bits per heavy atom. The van der Waals surface area contributed by atoms with E-state index in [4.69, 9.17) is 9.47 Å². The fourth-order valence-corrected chi connectivity index (χ4v) is 2.25. The van der Waals surface area contributed by atoms with Crippen LogP contribution in [0.1, 0.15) is 18.4 Å². The first kappa shape index (κ1) is 16.2. The molecule has 0 saturated heterocycles. The van der Waals surface area contributed by atoms with Crippen LogP contribution in [-0.2, 0) is 22.6 Å². The molecule has 0 amide bonds. The van der Waals surface area contributed by atoms with Gasteiger partial charge >= 0.3 is 0 Å². The van der Waals surface area contributed by atoms with Gasteiger partial charge in [0.15, 0.2) is 0 Å². The van der Waals surface area contributed by atoms with Crippen molar-refractivity contribution in [1.82, 2.24) is 9.78 Å². The maximum absolute atomic E-state index is 5.55. The van der Waals surface area contributed by atoms with Crippen LogP contribution in [0.2, 0.25) is 0 Å². The van der Waals surface area contributed by atoms with E-state index in [0.29, 0.717) is 19.8 Å². The summed E-state index contributed by atoms with van der Waals surface area (Å²) in [5.74, 6) is 0. The first-order valence-corrected chi connectivity index (χ1v) is 8.01. The van der Waals surface area contributed by atoms with Crippen molar-refractivity contribution in [1.29, 1.82) is 0 Å². The van der Waals surface area contributed by atoms with Crippen LogP contribution in [0.25, 0.3) is 0 Å². The Labute approximate surface area is 134 Å². The Morgan fingerprint density at radius 1 is 1.00 bits per heavy atom. The average Bonchev–Trinajstić information content (AvgIpc) is 2.92. The number of unbranched alkanes of at least 4 members (excludes halogenated alkanes) is 1. The SMILES string of the molecule is Brc1cnn(CCCCOCCOCc2ccccc2)c1. The van der Waals surface area contributed by atoms with Crippen molar-refractivity contribution in [2.45, 2.75) is 26.0 Å². The highest BCUT2D eigenvalue weighted by atomic mass is 79.9. The summed E-state index contributed by atoms with van der Waals surface area (Å²) in [6.07, 6.45) is 5.90. The first-order valence-electron chi connectivity index (χ1n) is 7.22. The summed E-state index contributed by atoms with van der Waals surface area (Å²) in [6.45, 7) is 3.65. The van der Waals surface area contributed by atoms with Gasteiger partial charge in [0.05, 0.1) is 30.5 Å². The Balaban J connectivity index is 1.40. The predicted octanol–water partition coefficient (Wildman–Crippen LogP) is 3.66. The van der Waals surface area contributed by atoms with E-state index in [0.717, 1.165) is 30.5 Å². The molecule has 114 valence electrons. The molecule has 0 N–H and O–H groups in total. The number of rotatable bonds is 10. The van der Waals surface area contributed by atoms with E-state index in [1.807, 2.05) is 29.1 Å². The molecule has 5 heteroatoms. The van der Waals surface area contributed by atoms with Gasteiger partial charge in [0.25, 0.3) is 0 Å². The van der Waals surface area contributed by atoms with Gasteiger partial charge in [-0.05, 0) is 34.3 Å². The van der Waals surface area contributed by atoms with Crippen molar-refractivity contribution in [2.75, 3.05) is 19.8 Å². The highest BCUT2D eigenvalue weighted by molar-refractivity contribution is 9.10. The number of hydrogen-bond donors (Lipinski definition) is 0. The molecule has 0 atom stereocenters. The molecule has 1 heterocycles. The van der Waals surface area contributed by atoms with Crippen LogP contribution in [0.5, 0.6) is 0 Å². The lowest BCUT2D eigenvalue weighted by Gasteiger charge is -2.06. The maximum Gasteiger partial charge on any atom is 0.0718 e. The van der Waals surface area contributed by atoms with E-state index in [2.05, 4.69) is 33.2 Å². The molecule has 0 fully saturated rings. The molecule has 1 aromatic heterocycles. The van der Waals surface area contributed by atoms with E-state index >= 15 is 0 Å². The molecular weight excluding hydrogens is 332 g/mol. The van der Waals surface area contributed by atoms with Gasteiger partial charge < -0.3 is 9.47 Å². The monoisotopic (exact) mass is 352 g/mol. The number of hydrogen-bond acceptors (Lipinski definition) is 3. The molecule has 2 rings (SSSR count). The molecule has 0 radical (unpaired) electrons. The Bertz CT molecular complexity index is 502. The van der Waals surface area contributed by atoms with Crippen LogP contribution in [-0.4, -0.2) is 29.6 Å². The van der Waals surface area contributed by atoms with E-state index in [1.165, 1.54) is 5.56 Å². The molecule has 21 heavy (non-hydrogen) atoms. The fraction of sp³-hybridized carbons (Fsp3) is 0.438. The molecule has 0 saturated carbocycles. The summed E-state index contributed by atoms with van der Waals surface area (Å²) >= 11 is 3.38. The van der Waals surface area contributed by atoms with Crippen LogP contribution < -0.4 is 0 Å². The quantitative estimate of drug-likeness (QED) is 0.612. The normalized spacial score (nSPS) is 10.9. The lowest BCUT2D eigenvalue weighted by Crippen LogP contribution is -2.06. The summed E-state index contributed by atoms with van der Waals surface area (Å²) in [5.41, 5.74) is 1.20. The number of halogens is 1. The molecule has 4 nitrogen and oxygen atoms in total.